The highest BCUT2D eigenvalue weighted by molar-refractivity contribution is 9.09. The largest absolute Gasteiger partial charge is 0.0928 e. The van der Waals surface area contributed by atoms with Gasteiger partial charge in [0.05, 0.1) is 0 Å². The van der Waals surface area contributed by atoms with Crippen LogP contribution < -0.4 is 0 Å². The molecule has 0 heterocycles. The van der Waals surface area contributed by atoms with Gasteiger partial charge in [-0.3, -0.25) is 0 Å². The van der Waals surface area contributed by atoms with Gasteiger partial charge in [0.2, 0.25) is 0 Å². The quantitative estimate of drug-likeness (QED) is 0.515. The Morgan fingerprint density at radius 2 is 1.86 bits per heavy atom. The number of halogens is 2. The number of hydrogen-bond donors (Lipinski definition) is 0. The summed E-state index contributed by atoms with van der Waals surface area (Å²) in [7, 11) is 0. The Balaban J connectivity index is 2.18. The molecule has 1 aromatic rings. The fourth-order valence-corrected chi connectivity index (χ4v) is 2.08. The van der Waals surface area contributed by atoms with Gasteiger partial charge >= 0.3 is 0 Å². The first-order valence-corrected chi connectivity index (χ1v) is 6.63. The average molecular weight is 276 g/mol. The van der Waals surface area contributed by atoms with E-state index in [0.29, 0.717) is 0 Å². The smallest absolute Gasteiger partial charge is 0.0408 e. The second-order valence-electron chi connectivity index (χ2n) is 3.48. The summed E-state index contributed by atoms with van der Waals surface area (Å²) in [5, 5.41) is 1.98. The third-order valence-corrected chi connectivity index (χ3v) is 3.03. The summed E-state index contributed by atoms with van der Waals surface area (Å²) in [5.41, 5.74) is 1.36. The van der Waals surface area contributed by atoms with Crippen LogP contribution in [0.15, 0.2) is 24.3 Å². The van der Waals surface area contributed by atoms with Crippen molar-refractivity contribution in [1.82, 2.24) is 0 Å². The fraction of sp³-hybridized carbons (Fsp3) is 0.500. The van der Waals surface area contributed by atoms with E-state index in [2.05, 4.69) is 28.1 Å². The average Bonchev–Trinajstić information content (AvgIpc) is 2.18. The molecule has 14 heavy (non-hydrogen) atoms. The van der Waals surface area contributed by atoms with Crippen LogP contribution in [0.2, 0.25) is 5.02 Å². The molecule has 2 heteroatoms. The van der Waals surface area contributed by atoms with E-state index < -0.39 is 0 Å². The molecule has 0 saturated carbocycles. The molecule has 1 rings (SSSR count). The van der Waals surface area contributed by atoms with E-state index >= 15 is 0 Å². The van der Waals surface area contributed by atoms with Gasteiger partial charge in [-0.2, -0.15) is 0 Å². The standard InChI is InChI=1S/C12H16BrCl/c13-9-4-2-1-3-6-11-7-5-8-12(14)10-11/h5,7-8,10H,1-4,6,9H2. The van der Waals surface area contributed by atoms with E-state index in [9.17, 15) is 0 Å². The lowest BCUT2D eigenvalue weighted by molar-refractivity contribution is 0.671. The maximum absolute atomic E-state index is 5.90. The van der Waals surface area contributed by atoms with E-state index in [1.54, 1.807) is 0 Å². The minimum Gasteiger partial charge on any atom is -0.0928 e. The van der Waals surface area contributed by atoms with Crippen molar-refractivity contribution < 1.29 is 0 Å². The second-order valence-corrected chi connectivity index (χ2v) is 4.71. The van der Waals surface area contributed by atoms with Crippen LogP contribution in [-0.2, 0) is 6.42 Å². The Bertz CT molecular complexity index is 260. The lowest BCUT2D eigenvalue weighted by Gasteiger charge is -2.01. The Labute approximate surface area is 99.8 Å². The number of rotatable bonds is 6. The van der Waals surface area contributed by atoms with Crippen LogP contribution in [0.25, 0.3) is 0 Å². The first kappa shape index (κ1) is 12.1. The molecule has 0 aliphatic carbocycles. The van der Waals surface area contributed by atoms with Crippen molar-refractivity contribution in [3.8, 4) is 0 Å². The van der Waals surface area contributed by atoms with Crippen LogP contribution in [0.1, 0.15) is 31.2 Å². The molecule has 0 aromatic heterocycles. The Kier molecular flexibility index (Phi) is 6.29. The summed E-state index contributed by atoms with van der Waals surface area (Å²) < 4.78 is 0. The molecular weight excluding hydrogens is 259 g/mol. The fourth-order valence-electron chi connectivity index (χ4n) is 1.47. The zero-order chi connectivity index (χ0) is 10.2. The van der Waals surface area contributed by atoms with Gasteiger partial charge in [-0.15, -0.1) is 0 Å². The van der Waals surface area contributed by atoms with E-state index in [1.165, 1.54) is 31.2 Å². The summed E-state index contributed by atoms with van der Waals surface area (Å²) in [4.78, 5) is 0. The first-order valence-electron chi connectivity index (χ1n) is 5.13. The van der Waals surface area contributed by atoms with Crippen molar-refractivity contribution in [2.24, 2.45) is 0 Å². The normalized spacial score (nSPS) is 10.4. The molecular formula is C12H16BrCl. The van der Waals surface area contributed by atoms with Gasteiger partial charge in [0.1, 0.15) is 0 Å². The first-order chi connectivity index (χ1) is 6.83. The minimum absolute atomic E-state index is 0.850. The number of unbranched alkanes of at least 4 members (excludes halogenated alkanes) is 3. The summed E-state index contributed by atoms with van der Waals surface area (Å²) in [6, 6.07) is 8.16. The molecule has 0 aliphatic rings. The van der Waals surface area contributed by atoms with E-state index in [-0.39, 0.29) is 0 Å². The molecule has 0 aliphatic heterocycles. The van der Waals surface area contributed by atoms with Gasteiger partial charge < -0.3 is 0 Å². The van der Waals surface area contributed by atoms with Gasteiger partial charge in [-0.05, 0) is 37.0 Å². The van der Waals surface area contributed by atoms with Gasteiger partial charge in [-0.25, -0.2) is 0 Å². The molecule has 0 unspecified atom stereocenters. The van der Waals surface area contributed by atoms with E-state index in [4.69, 9.17) is 11.6 Å². The Morgan fingerprint density at radius 1 is 1.07 bits per heavy atom. The topological polar surface area (TPSA) is 0 Å². The van der Waals surface area contributed by atoms with Crippen LogP contribution in [0, 0.1) is 0 Å². The highest BCUT2D eigenvalue weighted by Gasteiger charge is 1.94. The molecule has 0 N–H and O–H groups in total. The number of benzene rings is 1. The predicted octanol–water partition coefficient (Wildman–Crippen LogP) is 4.84. The number of alkyl halides is 1. The van der Waals surface area contributed by atoms with Crippen molar-refractivity contribution in [3.05, 3.63) is 34.9 Å². The zero-order valence-electron chi connectivity index (χ0n) is 8.31. The van der Waals surface area contributed by atoms with Crippen molar-refractivity contribution in [3.63, 3.8) is 0 Å². The Morgan fingerprint density at radius 3 is 2.57 bits per heavy atom. The van der Waals surface area contributed by atoms with Crippen LogP contribution in [-0.4, -0.2) is 5.33 Å². The van der Waals surface area contributed by atoms with Crippen LogP contribution in [0.4, 0.5) is 0 Å². The van der Waals surface area contributed by atoms with Crippen molar-refractivity contribution in [2.45, 2.75) is 32.1 Å². The van der Waals surface area contributed by atoms with Gasteiger partial charge in [0, 0.05) is 10.4 Å². The summed E-state index contributed by atoms with van der Waals surface area (Å²) >= 11 is 9.34. The highest BCUT2D eigenvalue weighted by atomic mass is 79.9. The second kappa shape index (κ2) is 7.30. The van der Waals surface area contributed by atoms with Crippen molar-refractivity contribution >= 4 is 27.5 Å². The molecule has 78 valence electrons. The molecule has 0 atom stereocenters. The predicted molar refractivity (Wildman–Crippen MR) is 67.4 cm³/mol. The van der Waals surface area contributed by atoms with Gasteiger partial charge in [0.15, 0.2) is 0 Å². The zero-order valence-corrected chi connectivity index (χ0v) is 10.6. The number of aryl methyl sites for hydroxylation is 1. The summed E-state index contributed by atoms with van der Waals surface area (Å²) in [6.07, 6.45) is 6.36. The maximum atomic E-state index is 5.90. The minimum atomic E-state index is 0.850. The van der Waals surface area contributed by atoms with Crippen LogP contribution in [0.5, 0.6) is 0 Å². The lowest BCUT2D eigenvalue weighted by atomic mass is 10.1. The van der Waals surface area contributed by atoms with Gasteiger partial charge in [-0.1, -0.05) is 52.5 Å². The monoisotopic (exact) mass is 274 g/mol. The third-order valence-electron chi connectivity index (χ3n) is 2.24. The molecule has 0 radical (unpaired) electrons. The van der Waals surface area contributed by atoms with E-state index in [0.717, 1.165) is 16.8 Å². The number of hydrogen-bond acceptors (Lipinski definition) is 0. The molecule has 0 fully saturated rings. The molecule has 1 aromatic carbocycles. The maximum Gasteiger partial charge on any atom is 0.0408 e. The highest BCUT2D eigenvalue weighted by Crippen LogP contribution is 2.13. The molecule has 0 nitrogen and oxygen atoms in total. The lowest BCUT2D eigenvalue weighted by Crippen LogP contribution is -1.86. The summed E-state index contributed by atoms with van der Waals surface area (Å²) in [5.74, 6) is 0. The van der Waals surface area contributed by atoms with Crippen molar-refractivity contribution in [2.75, 3.05) is 5.33 Å². The van der Waals surface area contributed by atoms with E-state index in [1.807, 2.05) is 12.1 Å². The Hall–Kier alpha value is -0.0100. The molecule has 0 bridgehead atoms. The van der Waals surface area contributed by atoms with Crippen LogP contribution >= 0.6 is 27.5 Å². The SMILES string of the molecule is Clc1cccc(CCCCCCBr)c1. The van der Waals surface area contributed by atoms with Gasteiger partial charge in [0.25, 0.3) is 0 Å². The third kappa shape index (κ3) is 5.02. The van der Waals surface area contributed by atoms with Crippen molar-refractivity contribution in [1.29, 1.82) is 0 Å². The van der Waals surface area contributed by atoms with Crippen LogP contribution in [0.3, 0.4) is 0 Å². The molecule has 0 saturated heterocycles. The molecule has 0 amide bonds. The summed E-state index contributed by atoms with van der Waals surface area (Å²) in [6.45, 7) is 0. The molecule has 0 spiro atoms.